The third-order valence-corrected chi connectivity index (χ3v) is 7.05. The maximum Gasteiger partial charge on any atom is 0.334 e. The fourth-order valence-electron chi connectivity index (χ4n) is 4.66. The fraction of sp³-hybridized carbons (Fsp3) is 0.606. The van der Waals surface area contributed by atoms with Crippen LogP contribution in [0.25, 0.3) is 0 Å². The summed E-state index contributed by atoms with van der Waals surface area (Å²) in [5.41, 5.74) is -1.28. The number of esters is 2. The molecular weight excluding hydrogens is 550 g/mol. The van der Waals surface area contributed by atoms with Crippen molar-refractivity contribution in [3.63, 3.8) is 0 Å². The number of benzene rings is 1. The second-order valence-corrected chi connectivity index (χ2v) is 11.4. The van der Waals surface area contributed by atoms with Crippen molar-refractivity contribution in [2.24, 2.45) is 4.99 Å². The molecule has 0 saturated carbocycles. The van der Waals surface area contributed by atoms with Gasteiger partial charge < -0.3 is 14.6 Å². The van der Waals surface area contributed by atoms with Gasteiger partial charge in [0.2, 0.25) is 5.88 Å². The number of nitrogens with zero attached hydrogens (tertiary/aromatic N) is 3. The summed E-state index contributed by atoms with van der Waals surface area (Å²) < 4.78 is 13.3. The summed E-state index contributed by atoms with van der Waals surface area (Å²) >= 11 is 0. The minimum atomic E-state index is -0.687. The Balaban J connectivity index is 2.39. The zero-order valence-electron chi connectivity index (χ0n) is 26.7. The molecule has 0 fully saturated rings. The van der Waals surface area contributed by atoms with Gasteiger partial charge in [0.05, 0.1) is 0 Å². The lowest BCUT2D eigenvalue weighted by atomic mass is 10.1. The molecule has 238 valence electrons. The smallest absolute Gasteiger partial charge is 0.334 e. The van der Waals surface area contributed by atoms with Gasteiger partial charge in [-0.15, -0.1) is 0 Å². The highest BCUT2D eigenvalue weighted by atomic mass is 16.5. The first kappa shape index (κ1) is 35.5. The molecular formula is C33H49N3O7. The predicted octanol–water partition coefficient (Wildman–Crippen LogP) is 7.16. The van der Waals surface area contributed by atoms with Gasteiger partial charge in [-0.05, 0) is 52.7 Å². The van der Waals surface area contributed by atoms with E-state index in [2.05, 4.69) is 18.8 Å². The third-order valence-electron chi connectivity index (χ3n) is 7.05. The largest absolute Gasteiger partial charge is 0.494 e. The van der Waals surface area contributed by atoms with Crippen LogP contribution in [0.3, 0.4) is 0 Å². The monoisotopic (exact) mass is 599 g/mol. The first-order chi connectivity index (χ1) is 20.5. The fourth-order valence-corrected chi connectivity index (χ4v) is 4.66. The van der Waals surface area contributed by atoms with Crippen LogP contribution in [-0.4, -0.2) is 32.4 Å². The summed E-state index contributed by atoms with van der Waals surface area (Å²) in [4.78, 5) is 55.6. The Morgan fingerprint density at radius 2 is 1.35 bits per heavy atom. The lowest BCUT2D eigenvalue weighted by molar-refractivity contribution is -0.135. The van der Waals surface area contributed by atoms with Gasteiger partial charge in [0, 0.05) is 37.2 Å². The van der Waals surface area contributed by atoms with Gasteiger partial charge in [0.1, 0.15) is 17.0 Å². The van der Waals surface area contributed by atoms with Crippen molar-refractivity contribution in [1.29, 1.82) is 0 Å². The van der Waals surface area contributed by atoms with Gasteiger partial charge >= 0.3 is 17.6 Å². The molecule has 0 unspecified atom stereocenters. The standard InChI is InChI=1S/C33H49N3O7/c1-7-9-11-13-15-17-29(37)42-25-19-20-27(28(21-25)43-30(38)18-16-14-12-10-8-2)34-22-26-31(39)35(23(3)4)33(41)36(24(5)6)32(26)40/h19-24,39H,7-18H2,1-6H3. The number of hydrogen-bond acceptors (Lipinski definition) is 8. The molecule has 0 atom stereocenters. The highest BCUT2D eigenvalue weighted by Gasteiger charge is 2.21. The number of ether oxygens (including phenoxy) is 2. The highest BCUT2D eigenvalue weighted by molar-refractivity contribution is 5.85. The first-order valence-electron chi connectivity index (χ1n) is 15.7. The number of rotatable bonds is 18. The lowest BCUT2D eigenvalue weighted by Crippen LogP contribution is -2.43. The minimum Gasteiger partial charge on any atom is -0.494 e. The summed E-state index contributed by atoms with van der Waals surface area (Å²) in [6.45, 7) is 11.1. The number of aliphatic imine (C=N–C) groups is 1. The average Bonchev–Trinajstić information content (AvgIpc) is 2.93. The average molecular weight is 600 g/mol. The molecule has 0 amide bonds. The van der Waals surface area contributed by atoms with E-state index in [0.717, 1.165) is 73.1 Å². The van der Waals surface area contributed by atoms with Crippen molar-refractivity contribution in [2.45, 2.75) is 131 Å². The summed E-state index contributed by atoms with van der Waals surface area (Å²) in [5, 5.41) is 10.9. The van der Waals surface area contributed by atoms with Crippen molar-refractivity contribution in [3.8, 4) is 17.4 Å². The molecule has 2 rings (SSSR count). The molecule has 2 aromatic rings. The van der Waals surface area contributed by atoms with Crippen LogP contribution in [0, 0.1) is 0 Å². The van der Waals surface area contributed by atoms with Crippen molar-refractivity contribution >= 4 is 23.8 Å². The van der Waals surface area contributed by atoms with Gasteiger partial charge in [-0.1, -0.05) is 65.2 Å². The Kier molecular flexibility index (Phi) is 14.9. The van der Waals surface area contributed by atoms with E-state index in [1.807, 2.05) is 0 Å². The quantitative estimate of drug-likeness (QED) is 0.0833. The van der Waals surface area contributed by atoms with Crippen molar-refractivity contribution in [1.82, 2.24) is 9.13 Å². The van der Waals surface area contributed by atoms with Crippen LogP contribution in [0.2, 0.25) is 0 Å². The maximum absolute atomic E-state index is 13.2. The van der Waals surface area contributed by atoms with Crippen LogP contribution < -0.4 is 20.7 Å². The normalized spacial score (nSPS) is 11.5. The van der Waals surface area contributed by atoms with E-state index in [-0.39, 0.29) is 41.6 Å². The predicted molar refractivity (Wildman–Crippen MR) is 169 cm³/mol. The second-order valence-electron chi connectivity index (χ2n) is 11.4. The molecule has 10 nitrogen and oxygen atoms in total. The Bertz CT molecular complexity index is 1360. The lowest BCUT2D eigenvalue weighted by Gasteiger charge is -2.18. The minimum absolute atomic E-state index is 0.0592. The van der Waals surface area contributed by atoms with E-state index in [0.29, 0.717) is 6.42 Å². The van der Waals surface area contributed by atoms with Gasteiger partial charge in [0.15, 0.2) is 5.75 Å². The molecule has 0 aliphatic carbocycles. The van der Waals surface area contributed by atoms with Crippen molar-refractivity contribution < 1.29 is 24.2 Å². The Morgan fingerprint density at radius 1 is 0.814 bits per heavy atom. The number of hydrogen-bond donors (Lipinski definition) is 1. The molecule has 0 spiro atoms. The summed E-state index contributed by atoms with van der Waals surface area (Å²) in [7, 11) is 0. The number of carbonyl (C=O) groups is 2. The highest BCUT2D eigenvalue weighted by Crippen LogP contribution is 2.33. The first-order valence-corrected chi connectivity index (χ1v) is 15.7. The molecule has 1 aromatic carbocycles. The SMILES string of the molecule is CCCCCCCC(=O)Oc1ccc(N=Cc2c(O)n(C(C)C)c(=O)n(C(C)C)c2=O)c(OC(=O)CCCCCCC)c1. The molecule has 0 saturated heterocycles. The van der Waals surface area contributed by atoms with Crippen molar-refractivity contribution in [2.75, 3.05) is 0 Å². The summed E-state index contributed by atoms with van der Waals surface area (Å²) in [5.74, 6) is -1.06. The van der Waals surface area contributed by atoms with E-state index in [1.54, 1.807) is 27.7 Å². The van der Waals surface area contributed by atoms with Crippen LogP contribution in [-0.2, 0) is 9.59 Å². The number of unbranched alkanes of at least 4 members (excludes halogenated alkanes) is 8. The third kappa shape index (κ3) is 10.8. The molecule has 10 heteroatoms. The Morgan fingerprint density at radius 3 is 1.88 bits per heavy atom. The van der Waals surface area contributed by atoms with Gasteiger partial charge in [-0.25, -0.2) is 4.79 Å². The van der Waals surface area contributed by atoms with E-state index in [9.17, 15) is 24.3 Å². The Hall–Kier alpha value is -3.69. The molecule has 1 aromatic heterocycles. The molecule has 1 heterocycles. The number of carbonyl (C=O) groups excluding carboxylic acids is 2. The maximum atomic E-state index is 13.2. The molecule has 0 aliphatic rings. The van der Waals surface area contributed by atoms with Crippen molar-refractivity contribution in [3.05, 3.63) is 44.6 Å². The Labute approximate surface area is 254 Å². The summed E-state index contributed by atoms with van der Waals surface area (Å²) in [6.07, 6.45) is 11.5. The molecule has 0 bridgehead atoms. The van der Waals surface area contributed by atoms with Crippen LogP contribution in [0.15, 0.2) is 32.8 Å². The summed E-state index contributed by atoms with van der Waals surface area (Å²) in [6, 6.07) is 3.61. The molecule has 0 radical (unpaired) electrons. The number of aromatic hydroxyl groups is 1. The number of aromatic nitrogens is 2. The van der Waals surface area contributed by atoms with E-state index < -0.39 is 35.2 Å². The van der Waals surface area contributed by atoms with Gasteiger partial charge in [0.25, 0.3) is 5.56 Å². The zero-order chi connectivity index (χ0) is 31.9. The van der Waals surface area contributed by atoms with E-state index >= 15 is 0 Å². The van der Waals surface area contributed by atoms with Gasteiger partial charge in [-0.3, -0.25) is 28.5 Å². The molecule has 0 aliphatic heterocycles. The molecule has 1 N–H and O–H groups in total. The topological polar surface area (TPSA) is 129 Å². The van der Waals surface area contributed by atoms with Gasteiger partial charge in [-0.2, -0.15) is 0 Å². The van der Waals surface area contributed by atoms with E-state index in [1.165, 1.54) is 18.2 Å². The van der Waals surface area contributed by atoms with Crippen LogP contribution >= 0.6 is 0 Å². The zero-order valence-corrected chi connectivity index (χ0v) is 26.7. The second kappa shape index (κ2) is 18.1. The van der Waals surface area contributed by atoms with E-state index in [4.69, 9.17) is 9.47 Å². The van der Waals surface area contributed by atoms with Crippen LogP contribution in [0.4, 0.5) is 5.69 Å². The van der Waals surface area contributed by atoms with Crippen LogP contribution in [0.5, 0.6) is 17.4 Å². The molecule has 43 heavy (non-hydrogen) atoms. The van der Waals surface area contributed by atoms with Crippen LogP contribution in [0.1, 0.15) is 136 Å².